The van der Waals surface area contributed by atoms with Crippen molar-refractivity contribution in [2.45, 2.75) is 19.1 Å². The molecule has 3 N–H and O–H groups in total. The topological polar surface area (TPSA) is 52.5 Å². The molecule has 0 radical (unpaired) electrons. The summed E-state index contributed by atoms with van der Waals surface area (Å²) in [7, 11) is 0. The Bertz CT molecular complexity index is 187. The fraction of sp³-hybridized carbons (Fsp3) is 0.500. The third-order valence-electron chi connectivity index (χ3n) is 1.64. The van der Waals surface area contributed by atoms with Crippen molar-refractivity contribution < 1.29 is 10.2 Å². The van der Waals surface area contributed by atoms with E-state index >= 15 is 0 Å². The molecule has 0 amide bonds. The van der Waals surface area contributed by atoms with Crippen LogP contribution < -0.4 is 5.32 Å². The Morgan fingerprint density at radius 1 is 1.73 bits per heavy atom. The third kappa shape index (κ3) is 2.06. The highest BCUT2D eigenvalue weighted by atomic mass is 16.3. The van der Waals surface area contributed by atoms with Crippen LogP contribution in [0.15, 0.2) is 23.9 Å². The van der Waals surface area contributed by atoms with Crippen molar-refractivity contribution in [1.29, 1.82) is 0 Å². The molecule has 0 fully saturated rings. The van der Waals surface area contributed by atoms with E-state index in [1.54, 1.807) is 12.3 Å². The lowest BCUT2D eigenvalue weighted by atomic mass is 10.1. The van der Waals surface area contributed by atoms with Crippen LogP contribution >= 0.6 is 0 Å². The molecular weight excluding hydrogens is 142 g/mol. The molecule has 2 atom stereocenters. The molecule has 0 saturated heterocycles. The summed E-state index contributed by atoms with van der Waals surface area (Å²) in [6.07, 6.45) is 4.69. The summed E-state index contributed by atoms with van der Waals surface area (Å²) in [6, 6.07) is 0.233. The van der Waals surface area contributed by atoms with Gasteiger partial charge in [-0.25, -0.2) is 0 Å². The van der Waals surface area contributed by atoms with Crippen molar-refractivity contribution in [3.63, 3.8) is 0 Å². The van der Waals surface area contributed by atoms with Crippen molar-refractivity contribution in [1.82, 2.24) is 5.32 Å². The van der Waals surface area contributed by atoms with Crippen LogP contribution in [0.1, 0.15) is 6.92 Å². The minimum absolute atomic E-state index is 0.219. The number of hydrogen-bond acceptors (Lipinski definition) is 3. The molecule has 1 rings (SSSR count). The molecule has 0 spiro atoms. The Morgan fingerprint density at radius 3 is 3.00 bits per heavy atom. The zero-order valence-corrected chi connectivity index (χ0v) is 6.49. The maximum Gasteiger partial charge on any atom is 0.102 e. The molecular formula is C8H13NO2. The van der Waals surface area contributed by atoms with Crippen molar-refractivity contribution in [3.05, 3.63) is 23.9 Å². The maximum atomic E-state index is 9.20. The molecule has 11 heavy (non-hydrogen) atoms. The summed E-state index contributed by atoms with van der Waals surface area (Å²) < 4.78 is 0. The predicted octanol–water partition coefficient (Wildman–Crippen LogP) is -0.229. The van der Waals surface area contributed by atoms with Crippen LogP contribution in [0.3, 0.4) is 0 Å². The normalized spacial score (nSPS) is 25.7. The second-order valence-corrected chi connectivity index (χ2v) is 2.65. The van der Waals surface area contributed by atoms with Crippen molar-refractivity contribution in [3.8, 4) is 0 Å². The van der Waals surface area contributed by atoms with Gasteiger partial charge in [0.1, 0.15) is 6.10 Å². The molecule has 1 aliphatic heterocycles. The van der Waals surface area contributed by atoms with Crippen LogP contribution in [-0.2, 0) is 0 Å². The number of nitrogens with one attached hydrogen (secondary N) is 1. The minimum atomic E-state index is -0.740. The van der Waals surface area contributed by atoms with Crippen LogP contribution in [0, 0.1) is 0 Å². The van der Waals surface area contributed by atoms with Gasteiger partial charge in [0, 0.05) is 6.04 Å². The molecule has 0 aromatic rings. The van der Waals surface area contributed by atoms with E-state index in [1.807, 2.05) is 13.0 Å². The van der Waals surface area contributed by atoms with Gasteiger partial charge in [-0.05, 0) is 24.8 Å². The lowest BCUT2D eigenvalue weighted by molar-refractivity contribution is 0.124. The monoisotopic (exact) mass is 155 g/mol. The summed E-state index contributed by atoms with van der Waals surface area (Å²) in [6.45, 7) is 1.76. The van der Waals surface area contributed by atoms with E-state index in [0.717, 1.165) is 5.57 Å². The Balaban J connectivity index is 2.63. The first kappa shape index (κ1) is 8.30. The van der Waals surface area contributed by atoms with Crippen LogP contribution in [0.25, 0.3) is 0 Å². The smallest absolute Gasteiger partial charge is 0.102 e. The fourth-order valence-corrected chi connectivity index (χ4v) is 1.02. The molecule has 1 aliphatic rings. The molecule has 3 nitrogen and oxygen atoms in total. The zero-order chi connectivity index (χ0) is 8.27. The fourth-order valence-electron chi connectivity index (χ4n) is 1.02. The van der Waals surface area contributed by atoms with Crippen LogP contribution in [-0.4, -0.2) is 29.0 Å². The summed E-state index contributed by atoms with van der Waals surface area (Å²) in [4.78, 5) is 0. The Labute approximate surface area is 66.0 Å². The highest BCUT2D eigenvalue weighted by Crippen LogP contribution is 2.08. The van der Waals surface area contributed by atoms with E-state index in [-0.39, 0.29) is 12.6 Å². The number of aliphatic hydroxyl groups is 2. The van der Waals surface area contributed by atoms with Crippen molar-refractivity contribution >= 4 is 0 Å². The van der Waals surface area contributed by atoms with Gasteiger partial charge in [-0.3, -0.25) is 0 Å². The molecule has 0 aromatic carbocycles. The summed E-state index contributed by atoms with van der Waals surface area (Å²) in [5.41, 5.74) is 0.777. The van der Waals surface area contributed by atoms with Gasteiger partial charge < -0.3 is 15.5 Å². The lowest BCUT2D eigenvalue weighted by Crippen LogP contribution is -2.25. The van der Waals surface area contributed by atoms with E-state index in [4.69, 9.17) is 5.11 Å². The van der Waals surface area contributed by atoms with Gasteiger partial charge in [0.15, 0.2) is 0 Å². The van der Waals surface area contributed by atoms with Crippen molar-refractivity contribution in [2.75, 3.05) is 6.61 Å². The average Bonchev–Trinajstić information content (AvgIpc) is 2.03. The summed E-state index contributed by atoms with van der Waals surface area (Å²) in [5, 5.41) is 20.9. The van der Waals surface area contributed by atoms with Crippen LogP contribution in [0.5, 0.6) is 0 Å². The first-order chi connectivity index (χ1) is 5.24. The lowest BCUT2D eigenvalue weighted by Gasteiger charge is -2.17. The van der Waals surface area contributed by atoms with E-state index in [2.05, 4.69) is 5.32 Å². The standard InChI is InChI=1S/C8H13NO2/c1-6-4-7(2-3-9-6)8(11)5-10/h2-4,6,8-11H,5H2,1H3/t6?,8-/m1/s1. The van der Waals surface area contributed by atoms with Gasteiger partial charge >= 0.3 is 0 Å². The highest BCUT2D eigenvalue weighted by Gasteiger charge is 2.10. The average molecular weight is 155 g/mol. The first-order valence-electron chi connectivity index (χ1n) is 3.67. The van der Waals surface area contributed by atoms with Gasteiger partial charge in [-0.2, -0.15) is 0 Å². The minimum Gasteiger partial charge on any atom is -0.393 e. The maximum absolute atomic E-state index is 9.20. The van der Waals surface area contributed by atoms with Gasteiger partial charge in [-0.15, -0.1) is 0 Å². The molecule has 62 valence electrons. The van der Waals surface area contributed by atoms with Gasteiger partial charge in [0.05, 0.1) is 6.61 Å². The number of rotatable bonds is 2. The first-order valence-corrected chi connectivity index (χ1v) is 3.67. The molecule has 1 heterocycles. The van der Waals surface area contributed by atoms with Gasteiger partial charge in [0.2, 0.25) is 0 Å². The second kappa shape index (κ2) is 3.55. The van der Waals surface area contributed by atoms with E-state index in [1.165, 1.54) is 0 Å². The van der Waals surface area contributed by atoms with E-state index in [0.29, 0.717) is 0 Å². The largest absolute Gasteiger partial charge is 0.393 e. The van der Waals surface area contributed by atoms with Gasteiger partial charge in [-0.1, -0.05) is 6.08 Å². The Hall–Kier alpha value is -0.800. The Morgan fingerprint density at radius 2 is 2.45 bits per heavy atom. The molecule has 0 aliphatic carbocycles. The molecule has 0 saturated carbocycles. The Kier molecular flexibility index (Phi) is 2.68. The van der Waals surface area contributed by atoms with E-state index in [9.17, 15) is 5.11 Å². The van der Waals surface area contributed by atoms with Crippen LogP contribution in [0.2, 0.25) is 0 Å². The number of hydrogen-bond donors (Lipinski definition) is 3. The number of dihydropyridines is 1. The summed E-state index contributed by atoms with van der Waals surface area (Å²) in [5.74, 6) is 0. The van der Waals surface area contributed by atoms with Crippen molar-refractivity contribution in [2.24, 2.45) is 0 Å². The quantitative estimate of drug-likeness (QED) is 0.516. The molecule has 3 heteroatoms. The summed E-state index contributed by atoms with van der Waals surface area (Å²) >= 11 is 0. The predicted molar refractivity (Wildman–Crippen MR) is 42.9 cm³/mol. The number of aliphatic hydroxyl groups excluding tert-OH is 2. The van der Waals surface area contributed by atoms with Crippen LogP contribution in [0.4, 0.5) is 0 Å². The molecule has 0 bridgehead atoms. The molecule has 1 unspecified atom stereocenters. The van der Waals surface area contributed by atoms with Gasteiger partial charge in [0.25, 0.3) is 0 Å². The molecule has 0 aromatic heterocycles. The third-order valence-corrected chi connectivity index (χ3v) is 1.64. The zero-order valence-electron chi connectivity index (χ0n) is 6.49. The second-order valence-electron chi connectivity index (χ2n) is 2.65. The van der Waals surface area contributed by atoms with E-state index < -0.39 is 6.10 Å². The SMILES string of the molecule is CC1C=C([C@H](O)CO)C=CN1. The highest BCUT2D eigenvalue weighted by molar-refractivity contribution is 5.27.